The lowest BCUT2D eigenvalue weighted by Gasteiger charge is -2.39. The fraction of sp³-hybridized carbons (Fsp3) is 0.760. The molecular formula is C25H40. The van der Waals surface area contributed by atoms with Crippen LogP contribution in [0.4, 0.5) is 0 Å². The Balaban J connectivity index is 1.68. The van der Waals surface area contributed by atoms with Crippen LogP contribution in [0.3, 0.4) is 0 Å². The lowest BCUT2D eigenvalue weighted by Crippen LogP contribution is -2.27. The molecule has 0 heteroatoms. The molecule has 25 heavy (non-hydrogen) atoms. The van der Waals surface area contributed by atoms with Crippen molar-refractivity contribution in [1.29, 1.82) is 0 Å². The summed E-state index contributed by atoms with van der Waals surface area (Å²) in [5, 5.41) is 0. The first kappa shape index (κ1) is 19.0. The summed E-state index contributed by atoms with van der Waals surface area (Å²) >= 11 is 0. The molecule has 0 bridgehead atoms. The van der Waals surface area contributed by atoms with Gasteiger partial charge in [0.2, 0.25) is 0 Å². The van der Waals surface area contributed by atoms with Crippen LogP contribution in [0.15, 0.2) is 34.9 Å². The zero-order valence-corrected chi connectivity index (χ0v) is 17.1. The Morgan fingerprint density at radius 1 is 1.00 bits per heavy atom. The van der Waals surface area contributed by atoms with E-state index in [4.69, 9.17) is 0 Å². The maximum Gasteiger partial charge on any atom is -0.0175 e. The maximum absolute atomic E-state index is 4.16. The SMILES string of the molecule is C=C1CCC(=CCC(C)C2=C(C)C(C3CCCCC3)CCC2C)CC1. The van der Waals surface area contributed by atoms with Gasteiger partial charge >= 0.3 is 0 Å². The van der Waals surface area contributed by atoms with Gasteiger partial charge in [-0.15, -0.1) is 0 Å². The smallest absolute Gasteiger partial charge is 0.0175 e. The lowest BCUT2D eigenvalue weighted by molar-refractivity contribution is 0.238. The molecule has 0 amide bonds. The first-order valence-electron chi connectivity index (χ1n) is 11.1. The monoisotopic (exact) mass is 340 g/mol. The van der Waals surface area contributed by atoms with Gasteiger partial charge in [-0.25, -0.2) is 0 Å². The Labute approximate surface area is 156 Å². The molecule has 0 heterocycles. The molecule has 0 nitrogen and oxygen atoms in total. The van der Waals surface area contributed by atoms with E-state index in [0.29, 0.717) is 0 Å². The van der Waals surface area contributed by atoms with Crippen molar-refractivity contribution in [1.82, 2.24) is 0 Å². The summed E-state index contributed by atoms with van der Waals surface area (Å²) in [6.07, 6.45) is 19.1. The minimum Gasteiger partial charge on any atom is -0.0998 e. The van der Waals surface area contributed by atoms with Crippen molar-refractivity contribution in [2.24, 2.45) is 23.7 Å². The first-order chi connectivity index (χ1) is 12.1. The highest BCUT2D eigenvalue weighted by Crippen LogP contribution is 2.45. The van der Waals surface area contributed by atoms with E-state index in [1.807, 2.05) is 5.57 Å². The van der Waals surface area contributed by atoms with Crippen LogP contribution in [0.2, 0.25) is 0 Å². The molecule has 0 aromatic heterocycles. The Kier molecular flexibility index (Phi) is 6.64. The van der Waals surface area contributed by atoms with Gasteiger partial charge < -0.3 is 0 Å². The molecule has 0 radical (unpaired) electrons. The molecule has 0 aromatic rings. The standard InChI is InChI=1S/C25H40/c1-18-10-14-22(15-11-18)16-12-19(2)25-20(3)13-17-24(21(25)4)23-8-6-5-7-9-23/h16,19-20,23-24H,1,5-15,17H2,2-4H3. The summed E-state index contributed by atoms with van der Waals surface area (Å²) in [7, 11) is 0. The minimum atomic E-state index is 0.735. The summed E-state index contributed by atoms with van der Waals surface area (Å²) in [6, 6.07) is 0. The normalized spacial score (nSPS) is 30.5. The van der Waals surface area contributed by atoms with Crippen molar-refractivity contribution in [3.05, 3.63) is 34.9 Å². The van der Waals surface area contributed by atoms with Crippen LogP contribution in [-0.2, 0) is 0 Å². The molecule has 0 aromatic carbocycles. The minimum absolute atomic E-state index is 0.735. The van der Waals surface area contributed by atoms with E-state index in [0.717, 1.165) is 23.7 Å². The quantitative estimate of drug-likeness (QED) is 0.454. The van der Waals surface area contributed by atoms with E-state index in [9.17, 15) is 0 Å². The van der Waals surface area contributed by atoms with Crippen molar-refractivity contribution in [2.45, 2.75) is 97.8 Å². The number of hydrogen-bond donors (Lipinski definition) is 0. The summed E-state index contributed by atoms with van der Waals surface area (Å²) in [5.74, 6) is 3.43. The second-order valence-corrected chi connectivity index (χ2v) is 9.37. The number of hydrogen-bond acceptors (Lipinski definition) is 0. The zero-order chi connectivity index (χ0) is 17.8. The molecule has 2 fully saturated rings. The Morgan fingerprint density at radius 2 is 1.68 bits per heavy atom. The highest BCUT2D eigenvalue weighted by molar-refractivity contribution is 5.25. The van der Waals surface area contributed by atoms with E-state index in [1.165, 1.54) is 82.6 Å². The molecule has 0 aliphatic heterocycles. The highest BCUT2D eigenvalue weighted by Gasteiger charge is 2.32. The second-order valence-electron chi connectivity index (χ2n) is 9.37. The Hall–Kier alpha value is -0.780. The molecule has 3 atom stereocenters. The van der Waals surface area contributed by atoms with E-state index >= 15 is 0 Å². The van der Waals surface area contributed by atoms with Gasteiger partial charge in [0.05, 0.1) is 0 Å². The fourth-order valence-corrected chi connectivity index (χ4v) is 6.00. The van der Waals surface area contributed by atoms with Gasteiger partial charge in [0.25, 0.3) is 0 Å². The van der Waals surface area contributed by atoms with Crippen LogP contribution in [0, 0.1) is 23.7 Å². The second kappa shape index (κ2) is 8.74. The summed E-state index contributed by atoms with van der Waals surface area (Å²) in [4.78, 5) is 0. The first-order valence-corrected chi connectivity index (χ1v) is 11.1. The van der Waals surface area contributed by atoms with Crippen LogP contribution >= 0.6 is 0 Å². The van der Waals surface area contributed by atoms with Crippen molar-refractivity contribution in [3.63, 3.8) is 0 Å². The molecule has 3 unspecified atom stereocenters. The van der Waals surface area contributed by atoms with Crippen LogP contribution in [-0.4, -0.2) is 0 Å². The van der Waals surface area contributed by atoms with Gasteiger partial charge in [-0.3, -0.25) is 0 Å². The molecule has 2 saturated carbocycles. The van der Waals surface area contributed by atoms with Crippen LogP contribution in [0.1, 0.15) is 97.8 Å². The summed E-state index contributed by atoms with van der Waals surface area (Å²) < 4.78 is 0. The van der Waals surface area contributed by atoms with Gasteiger partial charge in [0.15, 0.2) is 0 Å². The molecule has 0 N–H and O–H groups in total. The third-order valence-corrected chi connectivity index (χ3v) is 7.56. The average Bonchev–Trinajstić information content (AvgIpc) is 2.62. The highest BCUT2D eigenvalue weighted by atomic mass is 14.4. The largest absolute Gasteiger partial charge is 0.0998 e. The predicted octanol–water partition coefficient (Wildman–Crippen LogP) is 8.01. The van der Waals surface area contributed by atoms with Gasteiger partial charge in [-0.1, -0.05) is 68.1 Å². The van der Waals surface area contributed by atoms with E-state index < -0.39 is 0 Å². The summed E-state index contributed by atoms with van der Waals surface area (Å²) in [6.45, 7) is 11.6. The van der Waals surface area contributed by atoms with Gasteiger partial charge in [0, 0.05) is 0 Å². The van der Waals surface area contributed by atoms with Gasteiger partial charge in [-0.2, -0.15) is 0 Å². The van der Waals surface area contributed by atoms with Crippen molar-refractivity contribution in [3.8, 4) is 0 Å². The molecule has 0 spiro atoms. The third-order valence-electron chi connectivity index (χ3n) is 7.56. The molecule has 3 rings (SSSR count). The zero-order valence-electron chi connectivity index (χ0n) is 17.1. The Morgan fingerprint density at radius 3 is 2.36 bits per heavy atom. The van der Waals surface area contributed by atoms with E-state index in [2.05, 4.69) is 33.4 Å². The van der Waals surface area contributed by atoms with Crippen molar-refractivity contribution < 1.29 is 0 Å². The van der Waals surface area contributed by atoms with Crippen molar-refractivity contribution in [2.75, 3.05) is 0 Å². The molecular weight excluding hydrogens is 300 g/mol. The third kappa shape index (κ3) is 4.69. The van der Waals surface area contributed by atoms with Gasteiger partial charge in [-0.05, 0) is 88.4 Å². The lowest BCUT2D eigenvalue weighted by atomic mass is 9.66. The van der Waals surface area contributed by atoms with Crippen molar-refractivity contribution >= 4 is 0 Å². The van der Waals surface area contributed by atoms with Crippen LogP contribution < -0.4 is 0 Å². The van der Waals surface area contributed by atoms with Crippen LogP contribution in [0.5, 0.6) is 0 Å². The fourth-order valence-electron chi connectivity index (χ4n) is 6.00. The molecule has 0 saturated heterocycles. The molecule has 3 aliphatic carbocycles. The number of rotatable bonds is 4. The predicted molar refractivity (Wildman–Crippen MR) is 111 cm³/mol. The number of allylic oxidation sites excluding steroid dienone is 5. The van der Waals surface area contributed by atoms with Crippen LogP contribution in [0.25, 0.3) is 0 Å². The topological polar surface area (TPSA) is 0 Å². The Bertz CT molecular complexity index is 514. The van der Waals surface area contributed by atoms with E-state index in [1.54, 1.807) is 11.1 Å². The molecule has 3 aliphatic rings. The summed E-state index contributed by atoms with van der Waals surface area (Å²) in [5.41, 5.74) is 6.79. The van der Waals surface area contributed by atoms with E-state index in [-0.39, 0.29) is 0 Å². The average molecular weight is 341 g/mol. The van der Waals surface area contributed by atoms with Gasteiger partial charge in [0.1, 0.15) is 0 Å². The maximum atomic E-state index is 4.16. The molecule has 140 valence electrons.